The van der Waals surface area contributed by atoms with Gasteiger partial charge in [-0.05, 0) is 12.1 Å². The second kappa shape index (κ2) is 4.61. The van der Waals surface area contributed by atoms with Crippen LogP contribution in [0.1, 0.15) is 16.9 Å². The van der Waals surface area contributed by atoms with Crippen LogP contribution in [0.15, 0.2) is 30.6 Å². The molecule has 1 saturated heterocycles. The summed E-state index contributed by atoms with van der Waals surface area (Å²) in [6, 6.07) is 4.37. The van der Waals surface area contributed by atoms with Gasteiger partial charge in [-0.1, -0.05) is 6.07 Å². The first-order valence-corrected chi connectivity index (χ1v) is 6.22. The largest absolute Gasteiger partial charge is 0.480 e. The second-order valence-corrected chi connectivity index (χ2v) is 4.79. The van der Waals surface area contributed by atoms with Gasteiger partial charge in [0.05, 0.1) is 6.10 Å². The summed E-state index contributed by atoms with van der Waals surface area (Å²) >= 11 is 0. The van der Waals surface area contributed by atoms with Crippen LogP contribution < -0.4 is 0 Å². The van der Waals surface area contributed by atoms with E-state index in [0.717, 1.165) is 4.90 Å². The molecule has 0 spiro atoms. The lowest BCUT2D eigenvalue weighted by Gasteiger charge is -2.19. The van der Waals surface area contributed by atoms with Crippen LogP contribution in [0.3, 0.4) is 0 Å². The average molecular weight is 275 g/mol. The number of aliphatic hydroxyl groups excluding tert-OH is 1. The van der Waals surface area contributed by atoms with Gasteiger partial charge in [0.15, 0.2) is 0 Å². The highest BCUT2D eigenvalue weighted by molar-refractivity contribution is 5.96. The highest BCUT2D eigenvalue weighted by Crippen LogP contribution is 2.21. The molecule has 2 atom stereocenters. The Morgan fingerprint density at radius 1 is 1.35 bits per heavy atom. The van der Waals surface area contributed by atoms with E-state index in [0.29, 0.717) is 5.65 Å². The van der Waals surface area contributed by atoms with Crippen LogP contribution in [0.25, 0.3) is 5.65 Å². The van der Waals surface area contributed by atoms with E-state index < -0.39 is 24.0 Å². The van der Waals surface area contributed by atoms with Gasteiger partial charge in [-0.15, -0.1) is 0 Å². The molecular formula is C13H13N3O4. The van der Waals surface area contributed by atoms with E-state index in [2.05, 4.69) is 4.98 Å². The molecule has 1 aliphatic rings. The Bertz CT molecular complexity index is 648. The van der Waals surface area contributed by atoms with E-state index >= 15 is 0 Å². The van der Waals surface area contributed by atoms with Gasteiger partial charge in [-0.2, -0.15) is 0 Å². The second-order valence-electron chi connectivity index (χ2n) is 4.79. The highest BCUT2D eigenvalue weighted by atomic mass is 16.4. The number of fused-ring (bicyclic) bond motifs is 1. The molecule has 0 aliphatic carbocycles. The number of aromatic nitrogens is 2. The van der Waals surface area contributed by atoms with Crippen molar-refractivity contribution in [3.05, 3.63) is 36.3 Å². The number of carbonyl (C=O) groups excluding carboxylic acids is 1. The number of aliphatic hydroxyl groups is 1. The average Bonchev–Trinajstić information content (AvgIpc) is 3.01. The number of hydrogen-bond acceptors (Lipinski definition) is 4. The molecule has 104 valence electrons. The molecule has 1 unspecified atom stereocenters. The topological polar surface area (TPSA) is 95.1 Å². The van der Waals surface area contributed by atoms with Gasteiger partial charge in [0.25, 0.3) is 5.91 Å². The number of hydrogen-bond donors (Lipinski definition) is 2. The van der Waals surface area contributed by atoms with Gasteiger partial charge in [0.1, 0.15) is 17.4 Å². The van der Waals surface area contributed by atoms with Gasteiger partial charge >= 0.3 is 5.97 Å². The number of rotatable bonds is 2. The van der Waals surface area contributed by atoms with Crippen molar-refractivity contribution in [3.8, 4) is 0 Å². The number of amides is 1. The summed E-state index contributed by atoms with van der Waals surface area (Å²) in [6.45, 7) is 0.0175. The minimum Gasteiger partial charge on any atom is -0.480 e. The van der Waals surface area contributed by atoms with Gasteiger partial charge in [0.2, 0.25) is 0 Å². The molecule has 3 heterocycles. The van der Waals surface area contributed by atoms with Crippen molar-refractivity contribution in [2.24, 2.45) is 0 Å². The first-order chi connectivity index (χ1) is 9.56. The van der Waals surface area contributed by atoms with Crippen molar-refractivity contribution in [2.45, 2.75) is 18.6 Å². The van der Waals surface area contributed by atoms with Gasteiger partial charge in [0, 0.05) is 25.4 Å². The van der Waals surface area contributed by atoms with E-state index in [1.165, 1.54) is 0 Å². The van der Waals surface area contributed by atoms with E-state index in [-0.39, 0.29) is 18.7 Å². The monoisotopic (exact) mass is 275 g/mol. The SMILES string of the molecule is O=C(O)[C@@H]1CC(O)CN1C(=O)c1cn2ccccc2n1. The Kier molecular flexibility index (Phi) is 2.90. The Hall–Kier alpha value is -2.41. The normalized spacial score (nSPS) is 22.4. The summed E-state index contributed by atoms with van der Waals surface area (Å²) in [5, 5.41) is 18.7. The number of aliphatic carboxylic acids is 1. The maximum atomic E-state index is 12.4. The van der Waals surface area contributed by atoms with Gasteiger partial charge in [-0.3, -0.25) is 4.79 Å². The van der Waals surface area contributed by atoms with E-state index in [9.17, 15) is 14.7 Å². The Labute approximate surface area is 114 Å². The smallest absolute Gasteiger partial charge is 0.326 e. The molecule has 1 amide bonds. The first kappa shape index (κ1) is 12.6. The van der Waals surface area contributed by atoms with Crippen molar-refractivity contribution in [1.29, 1.82) is 0 Å². The van der Waals surface area contributed by atoms with Crippen molar-refractivity contribution in [2.75, 3.05) is 6.54 Å². The number of pyridine rings is 1. The van der Waals surface area contributed by atoms with Crippen molar-refractivity contribution in [3.63, 3.8) is 0 Å². The fourth-order valence-corrected chi connectivity index (χ4v) is 2.46. The van der Waals surface area contributed by atoms with Crippen LogP contribution in [0.4, 0.5) is 0 Å². The Balaban J connectivity index is 1.93. The van der Waals surface area contributed by atoms with Gasteiger partial charge in [-0.25, -0.2) is 9.78 Å². The predicted octanol–water partition coefficient (Wildman–Crippen LogP) is -0.00570. The molecule has 2 aromatic rings. The number of carboxylic acid groups (broad SMARTS) is 1. The van der Waals surface area contributed by atoms with Crippen LogP contribution in [0.5, 0.6) is 0 Å². The number of likely N-dealkylation sites (tertiary alicyclic amines) is 1. The number of β-amino-alcohol motifs (C(OH)–C–C–N with tert-alkyl or cyclic N) is 1. The fraction of sp³-hybridized carbons (Fsp3) is 0.308. The molecule has 7 heteroatoms. The van der Waals surface area contributed by atoms with Crippen molar-refractivity contribution in [1.82, 2.24) is 14.3 Å². The molecule has 0 aromatic carbocycles. The molecule has 7 nitrogen and oxygen atoms in total. The molecule has 0 radical (unpaired) electrons. The standard InChI is InChI=1S/C13H13N3O4/c17-8-5-10(13(19)20)16(6-8)12(18)9-7-15-4-2-1-3-11(15)14-9/h1-4,7-8,10,17H,5-6H2,(H,19,20)/t8?,10-/m0/s1. The highest BCUT2D eigenvalue weighted by Gasteiger charge is 2.39. The zero-order valence-corrected chi connectivity index (χ0v) is 10.5. The summed E-state index contributed by atoms with van der Waals surface area (Å²) in [5.74, 6) is -1.59. The Morgan fingerprint density at radius 3 is 2.85 bits per heavy atom. The van der Waals surface area contributed by atoms with Gasteiger partial charge < -0.3 is 19.5 Å². The van der Waals surface area contributed by atoms with E-state index in [4.69, 9.17) is 5.11 Å². The van der Waals surface area contributed by atoms with E-state index in [1.54, 1.807) is 28.9 Å². The van der Waals surface area contributed by atoms with Crippen molar-refractivity contribution >= 4 is 17.5 Å². The third-order valence-corrected chi connectivity index (χ3v) is 3.41. The summed E-state index contributed by atoms with van der Waals surface area (Å²) in [7, 11) is 0. The lowest BCUT2D eigenvalue weighted by molar-refractivity contribution is -0.141. The zero-order valence-electron chi connectivity index (χ0n) is 10.5. The summed E-state index contributed by atoms with van der Waals surface area (Å²) in [6.07, 6.45) is 2.56. The molecule has 2 N–H and O–H groups in total. The molecule has 1 fully saturated rings. The first-order valence-electron chi connectivity index (χ1n) is 6.22. The fourth-order valence-electron chi connectivity index (χ4n) is 2.46. The van der Waals surface area contributed by atoms with Crippen LogP contribution in [0, 0.1) is 0 Å². The molecule has 0 bridgehead atoms. The Morgan fingerprint density at radius 2 is 2.15 bits per heavy atom. The lowest BCUT2D eigenvalue weighted by Crippen LogP contribution is -2.40. The third-order valence-electron chi connectivity index (χ3n) is 3.41. The number of carboxylic acids is 1. The third kappa shape index (κ3) is 2.01. The molecular weight excluding hydrogens is 262 g/mol. The quantitative estimate of drug-likeness (QED) is 0.804. The summed E-state index contributed by atoms with van der Waals surface area (Å²) in [5.41, 5.74) is 0.791. The van der Waals surface area contributed by atoms with Crippen LogP contribution in [0.2, 0.25) is 0 Å². The number of nitrogens with zero attached hydrogens (tertiary/aromatic N) is 3. The molecule has 0 saturated carbocycles. The van der Waals surface area contributed by atoms with Crippen LogP contribution in [-0.4, -0.2) is 55.1 Å². The minimum atomic E-state index is -1.11. The molecule has 2 aromatic heterocycles. The number of carbonyl (C=O) groups is 2. The zero-order chi connectivity index (χ0) is 14.3. The maximum absolute atomic E-state index is 12.4. The van der Waals surface area contributed by atoms with E-state index in [1.807, 2.05) is 6.07 Å². The number of imidazole rings is 1. The van der Waals surface area contributed by atoms with Crippen LogP contribution in [-0.2, 0) is 4.79 Å². The van der Waals surface area contributed by atoms with Crippen LogP contribution >= 0.6 is 0 Å². The van der Waals surface area contributed by atoms with Crippen molar-refractivity contribution < 1.29 is 19.8 Å². The predicted molar refractivity (Wildman–Crippen MR) is 68.3 cm³/mol. The lowest BCUT2D eigenvalue weighted by atomic mass is 10.2. The summed E-state index contributed by atoms with van der Waals surface area (Å²) in [4.78, 5) is 28.8. The molecule has 20 heavy (non-hydrogen) atoms. The molecule has 3 rings (SSSR count). The molecule has 1 aliphatic heterocycles. The minimum absolute atomic E-state index is 0.0175. The maximum Gasteiger partial charge on any atom is 0.326 e. The summed E-state index contributed by atoms with van der Waals surface area (Å²) < 4.78 is 1.69.